The number of carboxylic acids is 1. The highest BCUT2D eigenvalue weighted by Crippen LogP contribution is 2.19. The molecule has 0 aliphatic carbocycles. The zero-order chi connectivity index (χ0) is 28.6. The second-order valence-electron chi connectivity index (χ2n) is 10.1. The van der Waals surface area contributed by atoms with Gasteiger partial charge < -0.3 is 20.5 Å². The van der Waals surface area contributed by atoms with Crippen molar-refractivity contribution in [3.05, 3.63) is 95.6 Å². The van der Waals surface area contributed by atoms with E-state index in [4.69, 9.17) is 9.84 Å². The van der Waals surface area contributed by atoms with Crippen LogP contribution in [0.4, 0.5) is 5.69 Å². The van der Waals surface area contributed by atoms with E-state index in [0.717, 1.165) is 60.2 Å². The van der Waals surface area contributed by atoms with E-state index in [1.54, 1.807) is 0 Å². The second kappa shape index (κ2) is 16.7. The van der Waals surface area contributed by atoms with Crippen LogP contribution in [0.1, 0.15) is 68.6 Å². The fourth-order valence-electron chi connectivity index (χ4n) is 4.57. The van der Waals surface area contributed by atoms with E-state index in [0.29, 0.717) is 25.9 Å². The Morgan fingerprint density at radius 1 is 0.800 bits per heavy atom. The summed E-state index contributed by atoms with van der Waals surface area (Å²) in [6, 6.07) is 25.3. The van der Waals surface area contributed by atoms with E-state index in [9.17, 15) is 14.4 Å². The summed E-state index contributed by atoms with van der Waals surface area (Å²) in [6.07, 6.45) is 5.90. The molecule has 3 aromatic carbocycles. The average Bonchev–Trinajstić information content (AvgIpc) is 2.94. The van der Waals surface area contributed by atoms with Crippen LogP contribution < -0.4 is 15.4 Å². The molecule has 0 fully saturated rings. The van der Waals surface area contributed by atoms with Crippen LogP contribution in [-0.4, -0.2) is 28.9 Å². The Kier molecular flexibility index (Phi) is 12.7. The van der Waals surface area contributed by atoms with Crippen molar-refractivity contribution >= 4 is 23.5 Å². The number of benzene rings is 3. The first-order chi connectivity index (χ1) is 19.4. The molecular formula is C33H40N2O5. The number of aryl methyl sites for hydroxylation is 1. The van der Waals surface area contributed by atoms with Gasteiger partial charge in [-0.3, -0.25) is 14.4 Å². The van der Waals surface area contributed by atoms with Crippen LogP contribution in [0.15, 0.2) is 78.9 Å². The van der Waals surface area contributed by atoms with Crippen molar-refractivity contribution in [1.29, 1.82) is 0 Å². The molecule has 3 N–H and O–H groups in total. The topological polar surface area (TPSA) is 105 Å². The standard InChI is InChI=1S/C33H40N2O5/c1-25(36)34-31-15-10-9-14-28(31)13-7-2-3-8-16-32(37)35-29(19-22-33(38)39)23-26-17-20-30(21-18-26)40-24-27-11-5-4-6-12-27/h4-6,9-12,14-15,17-18,20-21,29H,2-3,7-8,13,16,19,22-24H2,1H3,(H,34,36)(H,35,37)(H,38,39)/t29-/m0/s1. The van der Waals surface area contributed by atoms with E-state index in [1.165, 1.54) is 6.92 Å². The number of para-hydroxylation sites is 1. The van der Waals surface area contributed by atoms with Crippen LogP contribution in [-0.2, 0) is 33.8 Å². The summed E-state index contributed by atoms with van der Waals surface area (Å²) in [7, 11) is 0. The molecule has 212 valence electrons. The average molecular weight is 545 g/mol. The molecule has 0 heterocycles. The molecule has 0 saturated heterocycles. The molecule has 0 radical (unpaired) electrons. The highest BCUT2D eigenvalue weighted by atomic mass is 16.5. The minimum Gasteiger partial charge on any atom is -0.489 e. The predicted molar refractivity (Wildman–Crippen MR) is 157 cm³/mol. The number of carboxylic acid groups (broad SMARTS) is 1. The minimum absolute atomic E-state index is 0.00315. The summed E-state index contributed by atoms with van der Waals surface area (Å²) >= 11 is 0. The van der Waals surface area contributed by atoms with Gasteiger partial charge in [-0.05, 0) is 67.0 Å². The third kappa shape index (κ3) is 11.7. The molecule has 0 unspecified atom stereocenters. The first kappa shape index (κ1) is 30.4. The maximum absolute atomic E-state index is 12.6. The second-order valence-corrected chi connectivity index (χ2v) is 10.1. The number of nitrogens with one attached hydrogen (secondary N) is 2. The first-order valence-corrected chi connectivity index (χ1v) is 14.0. The number of hydrogen-bond donors (Lipinski definition) is 3. The van der Waals surface area contributed by atoms with Gasteiger partial charge in [-0.2, -0.15) is 0 Å². The Bertz CT molecular complexity index is 1210. The molecule has 40 heavy (non-hydrogen) atoms. The Labute approximate surface area is 237 Å². The lowest BCUT2D eigenvalue weighted by molar-refractivity contribution is -0.137. The summed E-state index contributed by atoms with van der Waals surface area (Å²) in [5.41, 5.74) is 4.08. The lowest BCUT2D eigenvalue weighted by atomic mass is 10.0. The fraction of sp³-hybridized carbons (Fsp3) is 0.364. The van der Waals surface area contributed by atoms with E-state index >= 15 is 0 Å². The highest BCUT2D eigenvalue weighted by Gasteiger charge is 2.15. The van der Waals surface area contributed by atoms with Gasteiger partial charge in [-0.25, -0.2) is 0 Å². The van der Waals surface area contributed by atoms with Crippen LogP contribution >= 0.6 is 0 Å². The molecule has 0 aromatic heterocycles. The number of carbonyl (C=O) groups excluding carboxylic acids is 2. The van der Waals surface area contributed by atoms with Crippen molar-refractivity contribution in [2.45, 2.75) is 77.4 Å². The van der Waals surface area contributed by atoms with Gasteiger partial charge in [0.05, 0.1) is 0 Å². The number of anilines is 1. The summed E-state index contributed by atoms with van der Waals surface area (Å²) < 4.78 is 5.85. The third-order valence-corrected chi connectivity index (χ3v) is 6.65. The van der Waals surface area contributed by atoms with Crippen LogP contribution in [0.25, 0.3) is 0 Å². The molecule has 3 rings (SSSR count). The molecule has 0 bridgehead atoms. The highest BCUT2D eigenvalue weighted by molar-refractivity contribution is 5.89. The normalized spacial score (nSPS) is 11.4. The van der Waals surface area contributed by atoms with E-state index in [-0.39, 0.29) is 24.3 Å². The van der Waals surface area contributed by atoms with Crippen LogP contribution in [0.5, 0.6) is 5.75 Å². The predicted octanol–water partition coefficient (Wildman–Crippen LogP) is 6.31. The molecule has 1 atom stereocenters. The van der Waals surface area contributed by atoms with Crippen LogP contribution in [0.3, 0.4) is 0 Å². The molecular weight excluding hydrogens is 504 g/mol. The molecule has 0 saturated carbocycles. The van der Waals surface area contributed by atoms with Crippen molar-refractivity contribution in [2.24, 2.45) is 0 Å². The van der Waals surface area contributed by atoms with E-state index < -0.39 is 5.97 Å². The number of rotatable bonds is 17. The molecule has 7 heteroatoms. The lowest BCUT2D eigenvalue weighted by Gasteiger charge is -2.19. The molecule has 0 aliphatic heterocycles. The summed E-state index contributed by atoms with van der Waals surface area (Å²) in [5, 5.41) is 15.1. The Morgan fingerprint density at radius 2 is 1.50 bits per heavy atom. The minimum atomic E-state index is -0.871. The molecule has 0 aliphatic rings. The smallest absolute Gasteiger partial charge is 0.303 e. The summed E-state index contributed by atoms with van der Waals surface area (Å²) in [6.45, 7) is 1.99. The number of hydrogen-bond acceptors (Lipinski definition) is 4. The molecule has 2 amide bonds. The largest absolute Gasteiger partial charge is 0.489 e. The van der Waals surface area contributed by atoms with Crippen molar-refractivity contribution in [1.82, 2.24) is 5.32 Å². The Hall–Kier alpha value is -4.13. The van der Waals surface area contributed by atoms with Gasteiger partial charge in [0.1, 0.15) is 12.4 Å². The van der Waals surface area contributed by atoms with Gasteiger partial charge in [0.15, 0.2) is 0 Å². The van der Waals surface area contributed by atoms with Crippen molar-refractivity contribution in [3.63, 3.8) is 0 Å². The number of ether oxygens (including phenoxy) is 1. The summed E-state index contributed by atoms with van der Waals surface area (Å²) in [5.74, 6) is -0.236. The van der Waals surface area contributed by atoms with Crippen molar-refractivity contribution < 1.29 is 24.2 Å². The molecule has 7 nitrogen and oxygen atoms in total. The molecule has 3 aromatic rings. The zero-order valence-corrected chi connectivity index (χ0v) is 23.2. The van der Waals surface area contributed by atoms with Crippen molar-refractivity contribution in [3.8, 4) is 5.75 Å². The lowest BCUT2D eigenvalue weighted by Crippen LogP contribution is -2.36. The van der Waals surface area contributed by atoms with Crippen LogP contribution in [0, 0.1) is 0 Å². The fourth-order valence-corrected chi connectivity index (χ4v) is 4.57. The maximum Gasteiger partial charge on any atom is 0.303 e. The number of amides is 2. The molecule has 0 spiro atoms. The zero-order valence-electron chi connectivity index (χ0n) is 23.2. The monoisotopic (exact) mass is 544 g/mol. The number of aliphatic carboxylic acids is 1. The van der Waals surface area contributed by atoms with E-state index in [1.807, 2.05) is 78.9 Å². The Morgan fingerprint density at radius 3 is 2.23 bits per heavy atom. The van der Waals surface area contributed by atoms with Gasteiger partial charge in [0.25, 0.3) is 0 Å². The van der Waals surface area contributed by atoms with E-state index in [2.05, 4.69) is 10.6 Å². The van der Waals surface area contributed by atoms with Gasteiger partial charge in [-0.15, -0.1) is 0 Å². The quantitative estimate of drug-likeness (QED) is 0.173. The Balaban J connectivity index is 1.40. The SMILES string of the molecule is CC(=O)Nc1ccccc1CCCCCCC(=O)N[C@@H](CCC(=O)O)Cc1ccc(OCc2ccccc2)cc1. The summed E-state index contributed by atoms with van der Waals surface area (Å²) in [4.78, 5) is 35.2. The van der Waals surface area contributed by atoms with Crippen molar-refractivity contribution in [2.75, 3.05) is 5.32 Å². The number of carbonyl (C=O) groups is 3. The van der Waals surface area contributed by atoms with Crippen LogP contribution in [0.2, 0.25) is 0 Å². The van der Waals surface area contributed by atoms with Gasteiger partial charge in [0.2, 0.25) is 11.8 Å². The first-order valence-electron chi connectivity index (χ1n) is 14.0. The van der Waals surface area contributed by atoms with Gasteiger partial charge in [0, 0.05) is 31.5 Å². The van der Waals surface area contributed by atoms with Gasteiger partial charge in [-0.1, -0.05) is 73.5 Å². The van der Waals surface area contributed by atoms with Gasteiger partial charge >= 0.3 is 5.97 Å². The number of unbranched alkanes of at least 4 members (excludes halogenated alkanes) is 3. The maximum atomic E-state index is 12.6. The third-order valence-electron chi connectivity index (χ3n) is 6.65.